The van der Waals surface area contributed by atoms with Crippen LogP contribution in [0.5, 0.6) is 0 Å². The molecule has 1 nitrogen and oxygen atoms in total. The predicted molar refractivity (Wildman–Crippen MR) is 57.3 cm³/mol. The van der Waals surface area contributed by atoms with Gasteiger partial charge in [-0.2, -0.15) is 0 Å². The highest BCUT2D eigenvalue weighted by molar-refractivity contribution is 9.10. The average Bonchev–Trinajstić information content (AvgIpc) is 2.04. The van der Waals surface area contributed by atoms with Gasteiger partial charge in [0.05, 0.1) is 6.10 Å². The van der Waals surface area contributed by atoms with Gasteiger partial charge in [0.25, 0.3) is 0 Å². The molecule has 0 fully saturated rings. The lowest BCUT2D eigenvalue weighted by Crippen LogP contribution is -2.08. The molecule has 2 heteroatoms. The van der Waals surface area contributed by atoms with E-state index in [2.05, 4.69) is 21.9 Å². The van der Waals surface area contributed by atoms with Gasteiger partial charge in [-0.3, -0.25) is 0 Å². The van der Waals surface area contributed by atoms with Crippen molar-refractivity contribution in [3.8, 4) is 12.3 Å². The van der Waals surface area contributed by atoms with Crippen LogP contribution >= 0.6 is 15.9 Å². The molecule has 0 amide bonds. The van der Waals surface area contributed by atoms with Gasteiger partial charge in [-0.15, -0.1) is 12.3 Å². The van der Waals surface area contributed by atoms with Gasteiger partial charge in [0.2, 0.25) is 0 Å². The maximum Gasteiger partial charge on any atom is 0.0689 e. The molecule has 68 valence electrons. The smallest absolute Gasteiger partial charge is 0.0689 e. The molecular formula is C11H11BrO. The third kappa shape index (κ3) is 3.63. The molecule has 0 aliphatic heterocycles. The van der Waals surface area contributed by atoms with Crippen molar-refractivity contribution in [1.29, 1.82) is 0 Å². The van der Waals surface area contributed by atoms with E-state index in [1.165, 1.54) is 0 Å². The number of terminal acetylenes is 1. The summed E-state index contributed by atoms with van der Waals surface area (Å²) < 4.78 is 1.03. The van der Waals surface area contributed by atoms with Crippen LogP contribution in [0.2, 0.25) is 0 Å². The molecule has 0 heterocycles. The fraction of sp³-hybridized carbons (Fsp3) is 0.273. The fourth-order valence-electron chi connectivity index (χ4n) is 1.14. The van der Waals surface area contributed by atoms with E-state index in [0.717, 1.165) is 10.0 Å². The predicted octanol–water partition coefficient (Wildman–Crippen LogP) is 2.38. The topological polar surface area (TPSA) is 20.2 Å². The van der Waals surface area contributed by atoms with Gasteiger partial charge in [-0.05, 0) is 24.1 Å². The summed E-state index contributed by atoms with van der Waals surface area (Å²) in [4.78, 5) is 0. The minimum Gasteiger partial charge on any atom is -0.392 e. The molecular weight excluding hydrogens is 228 g/mol. The number of aliphatic hydroxyl groups is 1. The molecule has 1 atom stereocenters. The van der Waals surface area contributed by atoms with Crippen LogP contribution in [0.4, 0.5) is 0 Å². The number of benzene rings is 1. The van der Waals surface area contributed by atoms with Gasteiger partial charge in [-0.25, -0.2) is 0 Å². The SMILES string of the molecule is C#CCC(O)Cc1cccc(Br)c1. The largest absolute Gasteiger partial charge is 0.392 e. The van der Waals surface area contributed by atoms with Crippen molar-refractivity contribution < 1.29 is 5.11 Å². The van der Waals surface area contributed by atoms with E-state index in [9.17, 15) is 5.11 Å². The second-order valence-electron chi connectivity index (χ2n) is 2.90. The first kappa shape index (κ1) is 10.3. The zero-order valence-corrected chi connectivity index (χ0v) is 8.79. The number of aliphatic hydroxyl groups excluding tert-OH is 1. The summed E-state index contributed by atoms with van der Waals surface area (Å²) in [5.41, 5.74) is 1.09. The third-order valence-corrected chi connectivity index (χ3v) is 2.21. The molecule has 0 spiro atoms. The lowest BCUT2D eigenvalue weighted by atomic mass is 10.1. The Hall–Kier alpha value is -0.780. The van der Waals surface area contributed by atoms with E-state index in [4.69, 9.17) is 6.42 Å². The summed E-state index contributed by atoms with van der Waals surface area (Å²) in [7, 11) is 0. The molecule has 0 aliphatic rings. The van der Waals surface area contributed by atoms with Crippen molar-refractivity contribution in [2.45, 2.75) is 18.9 Å². The van der Waals surface area contributed by atoms with Crippen LogP contribution in [-0.4, -0.2) is 11.2 Å². The van der Waals surface area contributed by atoms with Crippen molar-refractivity contribution in [1.82, 2.24) is 0 Å². The molecule has 0 bridgehead atoms. The van der Waals surface area contributed by atoms with Crippen molar-refractivity contribution in [2.24, 2.45) is 0 Å². The molecule has 0 aromatic heterocycles. The molecule has 0 saturated heterocycles. The van der Waals surface area contributed by atoms with E-state index in [1.54, 1.807) is 0 Å². The van der Waals surface area contributed by atoms with Gasteiger partial charge < -0.3 is 5.11 Å². The van der Waals surface area contributed by atoms with Crippen LogP contribution in [0.1, 0.15) is 12.0 Å². The Balaban J connectivity index is 2.59. The molecule has 1 aromatic rings. The van der Waals surface area contributed by atoms with Gasteiger partial charge in [0.15, 0.2) is 0 Å². The van der Waals surface area contributed by atoms with Crippen LogP contribution in [0.25, 0.3) is 0 Å². The quantitative estimate of drug-likeness (QED) is 0.803. The minimum absolute atomic E-state index is 0.409. The standard InChI is InChI=1S/C11H11BrO/c1-2-4-11(13)8-9-5-3-6-10(12)7-9/h1,3,5-7,11,13H,4,8H2. The highest BCUT2D eigenvalue weighted by atomic mass is 79.9. The van der Waals surface area contributed by atoms with E-state index >= 15 is 0 Å². The van der Waals surface area contributed by atoms with Crippen LogP contribution < -0.4 is 0 Å². The van der Waals surface area contributed by atoms with Crippen molar-refractivity contribution in [3.63, 3.8) is 0 Å². The number of rotatable bonds is 3. The van der Waals surface area contributed by atoms with E-state index in [0.29, 0.717) is 12.8 Å². The summed E-state index contributed by atoms with van der Waals surface area (Å²) in [6, 6.07) is 7.86. The monoisotopic (exact) mass is 238 g/mol. The van der Waals surface area contributed by atoms with Crippen LogP contribution in [-0.2, 0) is 6.42 Å². The Morgan fingerprint density at radius 2 is 2.31 bits per heavy atom. The van der Waals surface area contributed by atoms with Crippen molar-refractivity contribution in [3.05, 3.63) is 34.3 Å². The Labute approximate surface area is 86.9 Å². The van der Waals surface area contributed by atoms with Crippen molar-refractivity contribution in [2.75, 3.05) is 0 Å². The zero-order chi connectivity index (χ0) is 9.68. The molecule has 0 radical (unpaired) electrons. The van der Waals surface area contributed by atoms with E-state index in [1.807, 2.05) is 24.3 Å². The summed E-state index contributed by atoms with van der Waals surface area (Å²) >= 11 is 3.37. The normalized spacial score (nSPS) is 12.1. The summed E-state index contributed by atoms with van der Waals surface area (Å²) in [5, 5.41) is 9.44. The zero-order valence-electron chi connectivity index (χ0n) is 7.20. The Kier molecular flexibility index (Phi) is 4.01. The number of hydrogen-bond acceptors (Lipinski definition) is 1. The lowest BCUT2D eigenvalue weighted by molar-refractivity contribution is 0.181. The lowest BCUT2D eigenvalue weighted by Gasteiger charge is -2.06. The summed E-state index contributed by atoms with van der Waals surface area (Å²) in [5.74, 6) is 2.44. The Morgan fingerprint density at radius 3 is 2.92 bits per heavy atom. The van der Waals surface area contributed by atoms with E-state index in [-0.39, 0.29) is 0 Å². The molecule has 1 rings (SSSR count). The highest BCUT2D eigenvalue weighted by Gasteiger charge is 2.03. The maximum atomic E-state index is 9.44. The highest BCUT2D eigenvalue weighted by Crippen LogP contribution is 2.13. The van der Waals surface area contributed by atoms with Crippen LogP contribution in [0, 0.1) is 12.3 Å². The Morgan fingerprint density at radius 1 is 1.54 bits per heavy atom. The van der Waals surface area contributed by atoms with Gasteiger partial charge in [0, 0.05) is 10.9 Å². The van der Waals surface area contributed by atoms with Crippen LogP contribution in [0.3, 0.4) is 0 Å². The second kappa shape index (κ2) is 5.06. The van der Waals surface area contributed by atoms with Crippen LogP contribution in [0.15, 0.2) is 28.7 Å². The average molecular weight is 239 g/mol. The number of hydrogen-bond donors (Lipinski definition) is 1. The molecule has 0 aliphatic carbocycles. The molecule has 1 unspecified atom stereocenters. The molecule has 13 heavy (non-hydrogen) atoms. The van der Waals surface area contributed by atoms with E-state index < -0.39 is 6.10 Å². The van der Waals surface area contributed by atoms with Crippen molar-refractivity contribution >= 4 is 15.9 Å². The first-order valence-electron chi connectivity index (χ1n) is 4.08. The Bertz CT molecular complexity index is 314. The number of halogens is 1. The van der Waals surface area contributed by atoms with Gasteiger partial charge in [-0.1, -0.05) is 28.1 Å². The van der Waals surface area contributed by atoms with Gasteiger partial charge in [0.1, 0.15) is 0 Å². The fourth-order valence-corrected chi connectivity index (χ4v) is 1.59. The second-order valence-corrected chi connectivity index (χ2v) is 3.81. The minimum atomic E-state index is -0.431. The first-order chi connectivity index (χ1) is 6.22. The summed E-state index contributed by atoms with van der Waals surface area (Å²) in [6.07, 6.45) is 5.69. The first-order valence-corrected chi connectivity index (χ1v) is 4.87. The molecule has 1 aromatic carbocycles. The summed E-state index contributed by atoms with van der Waals surface area (Å²) in [6.45, 7) is 0. The van der Waals surface area contributed by atoms with Gasteiger partial charge >= 0.3 is 0 Å². The maximum absolute atomic E-state index is 9.44. The molecule has 0 saturated carbocycles. The third-order valence-electron chi connectivity index (χ3n) is 1.71. The molecule has 1 N–H and O–H groups in total.